The summed E-state index contributed by atoms with van der Waals surface area (Å²) in [6.45, 7) is 0.187. The molecule has 2 amide bonds. The molecule has 0 atom stereocenters. The topological polar surface area (TPSA) is 71.1 Å². The van der Waals surface area contributed by atoms with Crippen LogP contribution in [0.3, 0.4) is 0 Å². The van der Waals surface area contributed by atoms with Gasteiger partial charge in [-0.2, -0.15) is 0 Å². The van der Waals surface area contributed by atoms with Crippen molar-refractivity contribution in [2.24, 2.45) is 0 Å². The highest BCUT2D eigenvalue weighted by Gasteiger charge is 2.13. The van der Waals surface area contributed by atoms with Gasteiger partial charge in [-0.3, -0.25) is 9.59 Å². The van der Waals surface area contributed by atoms with Gasteiger partial charge in [-0.1, -0.05) is 24.3 Å². The predicted molar refractivity (Wildman–Crippen MR) is 101 cm³/mol. The summed E-state index contributed by atoms with van der Waals surface area (Å²) in [5.74, 6) is -3.69. The Hall–Kier alpha value is -3.68. The van der Waals surface area contributed by atoms with Crippen LogP contribution in [0, 0.1) is 17.5 Å². The molecule has 1 heterocycles. The number of benzene rings is 2. The standard InChI is InChI=1S/C21H16F3N3O2/c22-15-5-2-1-4-13(15)10-11-25-20(28)18-6-3-7-19(27-18)21(29)26-14-8-9-16(23)17(24)12-14/h1-9,12H,10-11H2,(H,25,28)(H,26,29). The van der Waals surface area contributed by atoms with E-state index in [2.05, 4.69) is 15.6 Å². The zero-order valence-electron chi connectivity index (χ0n) is 15.1. The average molecular weight is 399 g/mol. The average Bonchev–Trinajstić information content (AvgIpc) is 2.72. The fourth-order valence-corrected chi connectivity index (χ4v) is 2.56. The molecule has 0 aliphatic heterocycles. The molecule has 2 aromatic carbocycles. The minimum Gasteiger partial charge on any atom is -0.350 e. The molecule has 2 N–H and O–H groups in total. The van der Waals surface area contributed by atoms with E-state index >= 15 is 0 Å². The maximum atomic E-state index is 13.6. The van der Waals surface area contributed by atoms with E-state index < -0.39 is 23.4 Å². The van der Waals surface area contributed by atoms with Crippen molar-refractivity contribution in [1.29, 1.82) is 0 Å². The first-order chi connectivity index (χ1) is 13.9. The van der Waals surface area contributed by atoms with Crippen molar-refractivity contribution >= 4 is 17.5 Å². The molecule has 148 valence electrons. The molecule has 8 heteroatoms. The van der Waals surface area contributed by atoms with E-state index in [9.17, 15) is 22.8 Å². The Labute approximate surface area is 164 Å². The zero-order valence-corrected chi connectivity index (χ0v) is 15.1. The summed E-state index contributed by atoms with van der Waals surface area (Å²) in [7, 11) is 0. The van der Waals surface area contributed by atoms with E-state index in [-0.39, 0.29) is 29.4 Å². The molecule has 0 spiro atoms. The molecule has 29 heavy (non-hydrogen) atoms. The summed E-state index contributed by atoms with van der Waals surface area (Å²) in [5.41, 5.74) is 0.448. The molecule has 5 nitrogen and oxygen atoms in total. The van der Waals surface area contributed by atoms with Gasteiger partial charge in [-0.15, -0.1) is 0 Å². The SMILES string of the molecule is O=C(NCCc1ccccc1F)c1cccc(C(=O)Nc2ccc(F)c(F)c2)n1. The normalized spacial score (nSPS) is 10.4. The maximum absolute atomic E-state index is 13.6. The molecule has 3 aromatic rings. The first-order valence-corrected chi connectivity index (χ1v) is 8.69. The van der Waals surface area contributed by atoms with E-state index in [1.807, 2.05) is 0 Å². The van der Waals surface area contributed by atoms with E-state index in [4.69, 9.17) is 0 Å². The van der Waals surface area contributed by atoms with Crippen LogP contribution in [0.4, 0.5) is 18.9 Å². The molecule has 0 radical (unpaired) electrons. The van der Waals surface area contributed by atoms with Gasteiger partial charge in [0.2, 0.25) is 0 Å². The number of carbonyl (C=O) groups is 2. The van der Waals surface area contributed by atoms with Crippen molar-refractivity contribution < 1.29 is 22.8 Å². The second-order valence-corrected chi connectivity index (χ2v) is 6.09. The molecular weight excluding hydrogens is 383 g/mol. The number of nitrogens with zero attached hydrogens (tertiary/aromatic N) is 1. The van der Waals surface area contributed by atoms with Crippen LogP contribution in [-0.4, -0.2) is 23.3 Å². The highest BCUT2D eigenvalue weighted by Crippen LogP contribution is 2.14. The lowest BCUT2D eigenvalue weighted by molar-refractivity contribution is 0.0949. The summed E-state index contributed by atoms with van der Waals surface area (Å²) >= 11 is 0. The van der Waals surface area contributed by atoms with Gasteiger partial charge in [0.25, 0.3) is 11.8 Å². The van der Waals surface area contributed by atoms with Gasteiger partial charge in [0.1, 0.15) is 17.2 Å². The van der Waals surface area contributed by atoms with Crippen molar-refractivity contribution in [3.05, 3.63) is 95.1 Å². The lowest BCUT2D eigenvalue weighted by atomic mass is 10.1. The number of halogens is 3. The Morgan fingerprint density at radius 2 is 1.52 bits per heavy atom. The van der Waals surface area contributed by atoms with Crippen molar-refractivity contribution in [1.82, 2.24) is 10.3 Å². The third-order valence-electron chi connectivity index (χ3n) is 4.03. The van der Waals surface area contributed by atoms with Crippen LogP contribution in [0.25, 0.3) is 0 Å². The maximum Gasteiger partial charge on any atom is 0.274 e. The van der Waals surface area contributed by atoms with Crippen LogP contribution in [0.15, 0.2) is 60.7 Å². The first-order valence-electron chi connectivity index (χ1n) is 8.69. The minimum absolute atomic E-state index is 0.00327. The number of hydrogen-bond acceptors (Lipinski definition) is 3. The Morgan fingerprint density at radius 3 is 2.24 bits per heavy atom. The Morgan fingerprint density at radius 1 is 0.793 bits per heavy atom. The van der Waals surface area contributed by atoms with Gasteiger partial charge < -0.3 is 10.6 Å². The predicted octanol–water partition coefficient (Wildman–Crippen LogP) is 3.72. The van der Waals surface area contributed by atoms with E-state index in [1.54, 1.807) is 18.2 Å². The molecule has 1 aromatic heterocycles. The van der Waals surface area contributed by atoms with Gasteiger partial charge in [-0.25, -0.2) is 18.2 Å². The van der Waals surface area contributed by atoms with E-state index in [0.717, 1.165) is 12.1 Å². The summed E-state index contributed by atoms with van der Waals surface area (Å²) in [5, 5.41) is 4.99. The Bertz CT molecular complexity index is 1060. The molecule has 0 fully saturated rings. The van der Waals surface area contributed by atoms with Crippen LogP contribution in [0.2, 0.25) is 0 Å². The molecule has 0 bridgehead atoms. The third kappa shape index (κ3) is 5.19. The monoisotopic (exact) mass is 399 g/mol. The number of aromatic nitrogens is 1. The van der Waals surface area contributed by atoms with Gasteiger partial charge in [0.05, 0.1) is 0 Å². The van der Waals surface area contributed by atoms with E-state index in [0.29, 0.717) is 12.0 Å². The fraction of sp³-hybridized carbons (Fsp3) is 0.0952. The summed E-state index contributed by atoms with van der Waals surface area (Å²) in [6.07, 6.45) is 0.300. The highest BCUT2D eigenvalue weighted by atomic mass is 19.2. The highest BCUT2D eigenvalue weighted by molar-refractivity contribution is 6.03. The number of nitrogens with one attached hydrogen (secondary N) is 2. The molecule has 0 saturated carbocycles. The molecule has 0 aliphatic carbocycles. The molecule has 3 rings (SSSR count). The van der Waals surface area contributed by atoms with Crippen molar-refractivity contribution in [2.75, 3.05) is 11.9 Å². The summed E-state index contributed by atoms with van der Waals surface area (Å²) < 4.78 is 39.8. The summed E-state index contributed by atoms with van der Waals surface area (Å²) in [6, 6.07) is 13.5. The van der Waals surface area contributed by atoms with Crippen LogP contribution >= 0.6 is 0 Å². The molecule has 0 unspecified atom stereocenters. The molecular formula is C21H16F3N3O2. The van der Waals surface area contributed by atoms with Gasteiger partial charge >= 0.3 is 0 Å². The van der Waals surface area contributed by atoms with Crippen molar-refractivity contribution in [3.8, 4) is 0 Å². The van der Waals surface area contributed by atoms with Crippen molar-refractivity contribution in [2.45, 2.75) is 6.42 Å². The second-order valence-electron chi connectivity index (χ2n) is 6.09. The summed E-state index contributed by atoms with van der Waals surface area (Å²) in [4.78, 5) is 28.5. The van der Waals surface area contributed by atoms with Crippen molar-refractivity contribution in [3.63, 3.8) is 0 Å². The number of anilines is 1. The number of carbonyl (C=O) groups excluding carboxylic acids is 2. The zero-order chi connectivity index (χ0) is 20.8. The number of hydrogen-bond donors (Lipinski definition) is 2. The quantitative estimate of drug-likeness (QED) is 0.664. The molecule has 0 saturated heterocycles. The van der Waals surface area contributed by atoms with E-state index in [1.165, 1.54) is 30.3 Å². The number of amides is 2. The van der Waals surface area contributed by atoms with Crippen LogP contribution in [-0.2, 0) is 6.42 Å². The van der Waals surface area contributed by atoms with Crippen LogP contribution < -0.4 is 10.6 Å². The third-order valence-corrected chi connectivity index (χ3v) is 4.03. The van der Waals surface area contributed by atoms with Gasteiger partial charge in [0, 0.05) is 18.3 Å². The smallest absolute Gasteiger partial charge is 0.274 e. The largest absolute Gasteiger partial charge is 0.350 e. The molecule has 0 aliphatic rings. The van der Waals surface area contributed by atoms with Gasteiger partial charge in [-0.05, 0) is 42.3 Å². The lowest BCUT2D eigenvalue weighted by Gasteiger charge is -2.08. The number of rotatable bonds is 6. The minimum atomic E-state index is -1.10. The Kier molecular flexibility index (Phi) is 6.23. The van der Waals surface area contributed by atoms with Gasteiger partial charge in [0.15, 0.2) is 11.6 Å². The van der Waals surface area contributed by atoms with Crippen LogP contribution in [0.1, 0.15) is 26.5 Å². The lowest BCUT2D eigenvalue weighted by Crippen LogP contribution is -2.27. The second kappa shape index (κ2) is 9.01. The fourth-order valence-electron chi connectivity index (χ4n) is 2.56. The Balaban J connectivity index is 1.62. The van der Waals surface area contributed by atoms with Crippen LogP contribution in [0.5, 0.6) is 0 Å². The number of pyridine rings is 1. The first kappa shape index (κ1) is 20.1.